The number of ether oxygens (including phenoxy) is 1. The Kier molecular flexibility index (Phi) is 4.84. The van der Waals surface area contributed by atoms with Crippen molar-refractivity contribution in [2.24, 2.45) is 0 Å². The van der Waals surface area contributed by atoms with Crippen LogP contribution in [0.5, 0.6) is 0 Å². The number of benzene rings is 2. The molecule has 0 N–H and O–H groups in total. The second kappa shape index (κ2) is 7.21. The molecule has 0 unspecified atom stereocenters. The SMILES string of the molecule is CCOC(=O)c1nnnc(-c2ccc(C)cc2)c1-c1ccc(C)cc1. The highest BCUT2D eigenvalue weighted by molar-refractivity contribution is 5.99. The fraction of sp³-hybridized carbons (Fsp3) is 0.200. The number of hydrogen-bond acceptors (Lipinski definition) is 5. The van der Waals surface area contributed by atoms with Gasteiger partial charge in [0, 0.05) is 11.1 Å². The maximum absolute atomic E-state index is 12.4. The van der Waals surface area contributed by atoms with Crippen molar-refractivity contribution in [1.82, 2.24) is 15.4 Å². The van der Waals surface area contributed by atoms with Crippen LogP contribution in [0.3, 0.4) is 0 Å². The van der Waals surface area contributed by atoms with Crippen molar-refractivity contribution in [2.45, 2.75) is 20.8 Å². The van der Waals surface area contributed by atoms with E-state index in [9.17, 15) is 4.79 Å². The molecule has 0 aliphatic rings. The molecule has 3 rings (SSSR count). The van der Waals surface area contributed by atoms with Gasteiger partial charge in [0.05, 0.1) is 6.61 Å². The van der Waals surface area contributed by atoms with Crippen molar-refractivity contribution in [3.63, 3.8) is 0 Å². The van der Waals surface area contributed by atoms with Gasteiger partial charge in [0.2, 0.25) is 0 Å². The monoisotopic (exact) mass is 333 g/mol. The number of carbonyl (C=O) groups excluding carboxylic acids is 1. The first kappa shape index (κ1) is 16.8. The molecular formula is C20H19N3O2. The van der Waals surface area contributed by atoms with Gasteiger partial charge >= 0.3 is 5.97 Å². The van der Waals surface area contributed by atoms with Crippen molar-refractivity contribution in [2.75, 3.05) is 6.61 Å². The molecule has 25 heavy (non-hydrogen) atoms. The predicted molar refractivity (Wildman–Crippen MR) is 96.1 cm³/mol. The second-order valence-corrected chi connectivity index (χ2v) is 5.81. The highest BCUT2D eigenvalue weighted by atomic mass is 16.5. The molecule has 126 valence electrons. The Balaban J connectivity index is 2.24. The van der Waals surface area contributed by atoms with Gasteiger partial charge in [-0.15, -0.1) is 10.2 Å². The number of carbonyl (C=O) groups is 1. The molecule has 0 amide bonds. The van der Waals surface area contributed by atoms with Crippen LogP contribution in [0, 0.1) is 13.8 Å². The molecule has 2 aromatic carbocycles. The van der Waals surface area contributed by atoms with E-state index in [0.29, 0.717) is 11.3 Å². The number of esters is 1. The summed E-state index contributed by atoms with van der Waals surface area (Å²) in [6.07, 6.45) is 0. The molecule has 0 radical (unpaired) electrons. The number of nitrogens with zero attached hydrogens (tertiary/aromatic N) is 3. The van der Waals surface area contributed by atoms with Gasteiger partial charge in [0.25, 0.3) is 0 Å². The summed E-state index contributed by atoms with van der Waals surface area (Å²) in [6, 6.07) is 15.8. The molecule has 3 aromatic rings. The molecule has 0 bridgehead atoms. The first-order valence-corrected chi connectivity index (χ1v) is 8.14. The van der Waals surface area contributed by atoms with Gasteiger partial charge in [-0.2, -0.15) is 0 Å². The van der Waals surface area contributed by atoms with Crippen LogP contribution in [0.1, 0.15) is 28.5 Å². The maximum Gasteiger partial charge on any atom is 0.359 e. The van der Waals surface area contributed by atoms with Crippen LogP contribution < -0.4 is 0 Å². The van der Waals surface area contributed by atoms with Crippen molar-refractivity contribution in [3.05, 3.63) is 65.4 Å². The Morgan fingerprint density at radius 3 is 2.00 bits per heavy atom. The van der Waals surface area contributed by atoms with Crippen molar-refractivity contribution < 1.29 is 9.53 Å². The van der Waals surface area contributed by atoms with Crippen molar-refractivity contribution >= 4 is 5.97 Å². The van der Waals surface area contributed by atoms with E-state index in [1.807, 2.05) is 62.4 Å². The summed E-state index contributed by atoms with van der Waals surface area (Å²) in [5, 5.41) is 12.0. The van der Waals surface area contributed by atoms with E-state index in [2.05, 4.69) is 15.4 Å². The van der Waals surface area contributed by atoms with Gasteiger partial charge in [0.15, 0.2) is 5.69 Å². The minimum atomic E-state index is -0.499. The molecule has 5 heteroatoms. The number of hydrogen-bond donors (Lipinski definition) is 0. The topological polar surface area (TPSA) is 65.0 Å². The average molecular weight is 333 g/mol. The molecule has 0 aliphatic carbocycles. The normalized spacial score (nSPS) is 10.5. The Labute approximate surface area is 146 Å². The highest BCUT2D eigenvalue weighted by Gasteiger charge is 2.22. The van der Waals surface area contributed by atoms with Crippen LogP contribution in [-0.4, -0.2) is 28.0 Å². The summed E-state index contributed by atoms with van der Waals surface area (Å²) in [7, 11) is 0. The minimum Gasteiger partial charge on any atom is -0.461 e. The Hall–Kier alpha value is -3.08. The van der Waals surface area contributed by atoms with E-state index >= 15 is 0 Å². The Morgan fingerprint density at radius 2 is 1.44 bits per heavy atom. The molecule has 0 saturated heterocycles. The molecule has 0 saturated carbocycles. The fourth-order valence-electron chi connectivity index (χ4n) is 2.57. The predicted octanol–water partition coefficient (Wildman–Crippen LogP) is 4.00. The van der Waals surface area contributed by atoms with Crippen LogP contribution >= 0.6 is 0 Å². The van der Waals surface area contributed by atoms with Gasteiger partial charge in [0.1, 0.15) is 5.69 Å². The largest absolute Gasteiger partial charge is 0.461 e. The molecule has 1 aromatic heterocycles. The summed E-state index contributed by atoms with van der Waals surface area (Å²) in [4.78, 5) is 12.4. The second-order valence-electron chi connectivity index (χ2n) is 5.81. The highest BCUT2D eigenvalue weighted by Crippen LogP contribution is 2.32. The molecule has 1 heterocycles. The summed E-state index contributed by atoms with van der Waals surface area (Å²) in [5.74, 6) is -0.499. The standard InChI is InChI=1S/C20H19N3O2/c1-4-25-20(24)19-17(15-9-5-13(2)6-10-15)18(21-23-22-19)16-11-7-14(3)8-12-16/h5-12H,4H2,1-3H3. The first-order chi connectivity index (χ1) is 12.1. The summed E-state index contributed by atoms with van der Waals surface area (Å²) >= 11 is 0. The Morgan fingerprint density at radius 1 is 0.880 bits per heavy atom. The van der Waals surface area contributed by atoms with E-state index in [-0.39, 0.29) is 12.3 Å². The molecule has 0 spiro atoms. The van der Waals surface area contributed by atoms with Crippen LogP contribution in [0.4, 0.5) is 0 Å². The van der Waals surface area contributed by atoms with Crippen LogP contribution in [-0.2, 0) is 4.74 Å². The van der Waals surface area contributed by atoms with E-state index in [4.69, 9.17) is 4.74 Å². The lowest BCUT2D eigenvalue weighted by atomic mass is 9.97. The van der Waals surface area contributed by atoms with Gasteiger partial charge < -0.3 is 4.74 Å². The average Bonchev–Trinajstić information content (AvgIpc) is 2.63. The van der Waals surface area contributed by atoms with E-state index in [1.165, 1.54) is 0 Å². The number of aromatic nitrogens is 3. The van der Waals surface area contributed by atoms with Gasteiger partial charge in [-0.05, 0) is 31.5 Å². The van der Waals surface area contributed by atoms with E-state index < -0.39 is 5.97 Å². The summed E-state index contributed by atoms with van der Waals surface area (Å²) in [6.45, 7) is 6.07. The zero-order valence-corrected chi connectivity index (χ0v) is 14.5. The zero-order valence-electron chi connectivity index (χ0n) is 14.5. The van der Waals surface area contributed by atoms with Gasteiger partial charge in [-0.3, -0.25) is 0 Å². The van der Waals surface area contributed by atoms with Crippen LogP contribution in [0.15, 0.2) is 48.5 Å². The Bertz CT molecular complexity index is 888. The third kappa shape index (κ3) is 3.55. The molecule has 0 aliphatic heterocycles. The van der Waals surface area contributed by atoms with Crippen molar-refractivity contribution in [3.8, 4) is 22.4 Å². The smallest absolute Gasteiger partial charge is 0.359 e. The fourth-order valence-corrected chi connectivity index (χ4v) is 2.57. The minimum absolute atomic E-state index is 0.177. The summed E-state index contributed by atoms with van der Waals surface area (Å²) < 4.78 is 5.15. The molecular weight excluding hydrogens is 314 g/mol. The maximum atomic E-state index is 12.4. The quantitative estimate of drug-likeness (QED) is 0.675. The molecule has 0 fully saturated rings. The number of aryl methyl sites for hydroxylation is 2. The lowest BCUT2D eigenvalue weighted by molar-refractivity contribution is 0.0518. The van der Waals surface area contributed by atoms with Gasteiger partial charge in [-0.1, -0.05) is 59.7 Å². The third-order valence-electron chi connectivity index (χ3n) is 3.90. The van der Waals surface area contributed by atoms with Gasteiger partial charge in [-0.25, -0.2) is 4.79 Å². The lowest BCUT2D eigenvalue weighted by Crippen LogP contribution is -2.12. The number of rotatable bonds is 4. The van der Waals surface area contributed by atoms with Crippen LogP contribution in [0.25, 0.3) is 22.4 Å². The first-order valence-electron chi connectivity index (χ1n) is 8.14. The lowest BCUT2D eigenvalue weighted by Gasteiger charge is -2.12. The van der Waals surface area contributed by atoms with E-state index in [0.717, 1.165) is 22.3 Å². The van der Waals surface area contributed by atoms with Crippen molar-refractivity contribution in [1.29, 1.82) is 0 Å². The van der Waals surface area contributed by atoms with Crippen LogP contribution in [0.2, 0.25) is 0 Å². The molecule has 5 nitrogen and oxygen atoms in total. The third-order valence-corrected chi connectivity index (χ3v) is 3.90. The van der Waals surface area contributed by atoms with E-state index in [1.54, 1.807) is 6.92 Å². The molecule has 0 atom stereocenters. The summed E-state index contributed by atoms with van der Waals surface area (Å²) in [5.41, 5.74) is 5.44. The zero-order chi connectivity index (χ0) is 17.8.